The number of amides is 3. The Morgan fingerprint density at radius 1 is 1.08 bits per heavy atom. The number of rotatable bonds is 9. The van der Waals surface area contributed by atoms with Crippen molar-refractivity contribution >= 4 is 11.9 Å². The summed E-state index contributed by atoms with van der Waals surface area (Å²) in [7, 11) is 4.07. The van der Waals surface area contributed by atoms with Gasteiger partial charge in [0.15, 0.2) is 0 Å². The van der Waals surface area contributed by atoms with Crippen LogP contribution in [-0.2, 0) is 4.79 Å². The molecule has 0 atom stereocenters. The van der Waals surface area contributed by atoms with Gasteiger partial charge in [-0.2, -0.15) is 0 Å². The molecule has 3 amide bonds. The molecule has 3 N–H and O–H groups in total. The third-order valence-electron chi connectivity index (χ3n) is 4.31. The topological polar surface area (TPSA) is 73.5 Å². The van der Waals surface area contributed by atoms with Crippen molar-refractivity contribution < 1.29 is 9.59 Å². The Hall–Kier alpha value is -1.30. The number of nitrogens with one attached hydrogen (secondary N) is 3. The summed E-state index contributed by atoms with van der Waals surface area (Å²) < 4.78 is 0. The van der Waals surface area contributed by atoms with Gasteiger partial charge in [0.1, 0.15) is 0 Å². The fourth-order valence-corrected chi connectivity index (χ4v) is 3.27. The summed E-state index contributed by atoms with van der Waals surface area (Å²) in [5.41, 5.74) is 0.0529. The van der Waals surface area contributed by atoms with Gasteiger partial charge in [-0.25, -0.2) is 4.79 Å². The molecular formula is C18H36N4O2. The molecule has 1 saturated carbocycles. The van der Waals surface area contributed by atoms with Crippen molar-refractivity contribution in [3.05, 3.63) is 0 Å². The van der Waals surface area contributed by atoms with Gasteiger partial charge in [0, 0.05) is 32.1 Å². The first-order chi connectivity index (χ1) is 11.3. The molecule has 0 unspecified atom stereocenters. The Morgan fingerprint density at radius 3 is 2.38 bits per heavy atom. The van der Waals surface area contributed by atoms with E-state index in [4.69, 9.17) is 0 Å². The van der Waals surface area contributed by atoms with Crippen molar-refractivity contribution in [1.29, 1.82) is 0 Å². The second-order valence-electron chi connectivity index (χ2n) is 8.02. The minimum Gasteiger partial charge on any atom is -0.356 e. The molecule has 6 heteroatoms. The normalized spacial score (nSPS) is 16.0. The van der Waals surface area contributed by atoms with Crippen molar-refractivity contribution in [2.24, 2.45) is 5.41 Å². The van der Waals surface area contributed by atoms with Crippen LogP contribution >= 0.6 is 0 Å². The van der Waals surface area contributed by atoms with Gasteiger partial charge in [-0.1, -0.05) is 33.1 Å². The lowest BCUT2D eigenvalue weighted by Gasteiger charge is -2.28. The van der Waals surface area contributed by atoms with E-state index in [1.54, 1.807) is 0 Å². The van der Waals surface area contributed by atoms with Crippen LogP contribution in [0.25, 0.3) is 0 Å². The van der Waals surface area contributed by atoms with Crippen LogP contribution in [-0.4, -0.2) is 56.6 Å². The van der Waals surface area contributed by atoms with E-state index in [2.05, 4.69) is 34.7 Å². The average molecular weight is 341 g/mol. The zero-order valence-corrected chi connectivity index (χ0v) is 15.9. The maximum Gasteiger partial charge on any atom is 0.315 e. The first kappa shape index (κ1) is 20.7. The molecule has 1 rings (SSSR count). The first-order valence-electron chi connectivity index (χ1n) is 9.24. The quantitative estimate of drug-likeness (QED) is 0.563. The molecule has 1 aliphatic carbocycles. The van der Waals surface area contributed by atoms with Crippen LogP contribution in [0.5, 0.6) is 0 Å². The number of nitrogens with zero attached hydrogens (tertiary/aromatic N) is 1. The van der Waals surface area contributed by atoms with Crippen molar-refractivity contribution in [3.63, 3.8) is 0 Å². The molecule has 0 radical (unpaired) electrons. The maximum absolute atomic E-state index is 11.9. The zero-order valence-electron chi connectivity index (χ0n) is 15.9. The summed E-state index contributed by atoms with van der Waals surface area (Å²) in [6.45, 7) is 6.41. The summed E-state index contributed by atoms with van der Waals surface area (Å²) in [6, 6.07) is 0.218. The zero-order chi connectivity index (χ0) is 18.0. The standard InChI is InChI=1S/C18H36N4O2/c1-18(2,14-22(3)4)13-20-16(23)11-8-12-19-17(24)21-15-9-6-5-7-10-15/h15H,5-14H2,1-4H3,(H,20,23)(H2,19,21,24). The highest BCUT2D eigenvalue weighted by Gasteiger charge is 2.19. The van der Waals surface area contributed by atoms with Crippen LogP contribution in [0.15, 0.2) is 0 Å². The van der Waals surface area contributed by atoms with Crippen LogP contribution < -0.4 is 16.0 Å². The Balaban J connectivity index is 2.07. The van der Waals surface area contributed by atoms with Gasteiger partial charge in [-0.05, 0) is 38.8 Å². The van der Waals surface area contributed by atoms with Crippen molar-refractivity contribution in [3.8, 4) is 0 Å². The lowest BCUT2D eigenvalue weighted by atomic mass is 9.93. The van der Waals surface area contributed by atoms with Crippen LogP contribution in [0.1, 0.15) is 58.8 Å². The number of carbonyl (C=O) groups is 2. The van der Waals surface area contributed by atoms with Gasteiger partial charge in [-0.3, -0.25) is 4.79 Å². The molecule has 0 bridgehead atoms. The van der Waals surface area contributed by atoms with E-state index >= 15 is 0 Å². The molecule has 0 aliphatic heterocycles. The van der Waals surface area contributed by atoms with E-state index in [1.807, 2.05) is 14.1 Å². The maximum atomic E-state index is 11.9. The summed E-state index contributed by atoms with van der Waals surface area (Å²) in [4.78, 5) is 25.8. The smallest absolute Gasteiger partial charge is 0.315 e. The minimum atomic E-state index is -0.102. The third kappa shape index (κ3) is 9.75. The monoisotopic (exact) mass is 340 g/mol. The molecule has 0 aromatic rings. The van der Waals surface area contributed by atoms with E-state index in [-0.39, 0.29) is 17.4 Å². The van der Waals surface area contributed by atoms with Gasteiger partial charge in [0.05, 0.1) is 0 Å². The highest BCUT2D eigenvalue weighted by atomic mass is 16.2. The van der Waals surface area contributed by atoms with E-state index in [1.165, 1.54) is 19.3 Å². The predicted molar refractivity (Wildman–Crippen MR) is 98.0 cm³/mol. The van der Waals surface area contributed by atoms with Gasteiger partial charge < -0.3 is 20.9 Å². The Morgan fingerprint density at radius 2 is 1.75 bits per heavy atom. The van der Waals surface area contributed by atoms with Gasteiger partial charge >= 0.3 is 6.03 Å². The second-order valence-corrected chi connectivity index (χ2v) is 8.02. The van der Waals surface area contributed by atoms with Crippen molar-refractivity contribution in [2.45, 2.75) is 64.8 Å². The summed E-state index contributed by atoms with van der Waals surface area (Å²) >= 11 is 0. The fourth-order valence-electron chi connectivity index (χ4n) is 3.27. The lowest BCUT2D eigenvalue weighted by molar-refractivity contribution is -0.121. The number of urea groups is 1. The molecule has 0 aromatic carbocycles. The van der Waals surface area contributed by atoms with Crippen LogP contribution in [0.4, 0.5) is 4.79 Å². The number of hydrogen-bond acceptors (Lipinski definition) is 3. The Labute approximate surface area is 147 Å². The highest BCUT2D eigenvalue weighted by Crippen LogP contribution is 2.17. The van der Waals surface area contributed by atoms with E-state index < -0.39 is 0 Å². The lowest BCUT2D eigenvalue weighted by Crippen LogP contribution is -2.43. The fraction of sp³-hybridized carbons (Fsp3) is 0.889. The molecule has 0 saturated heterocycles. The van der Waals surface area contributed by atoms with Gasteiger partial charge in [0.2, 0.25) is 5.91 Å². The number of carbonyl (C=O) groups excluding carboxylic acids is 2. The SMILES string of the molecule is CN(C)CC(C)(C)CNC(=O)CCCNC(=O)NC1CCCCC1. The van der Waals surface area contributed by atoms with Crippen molar-refractivity contribution in [2.75, 3.05) is 33.7 Å². The Kier molecular flexibility index (Phi) is 9.11. The summed E-state index contributed by atoms with van der Waals surface area (Å²) in [5.74, 6) is 0.0521. The van der Waals surface area contributed by atoms with Crippen LogP contribution in [0.2, 0.25) is 0 Å². The molecule has 1 fully saturated rings. The average Bonchev–Trinajstić information content (AvgIpc) is 2.49. The van der Waals surface area contributed by atoms with E-state index in [0.717, 1.165) is 19.4 Å². The largest absolute Gasteiger partial charge is 0.356 e. The summed E-state index contributed by atoms with van der Waals surface area (Å²) in [5, 5.41) is 8.85. The van der Waals surface area contributed by atoms with E-state index in [9.17, 15) is 9.59 Å². The predicted octanol–water partition coefficient (Wildman–Crippen LogP) is 2.10. The van der Waals surface area contributed by atoms with Gasteiger partial charge in [0.25, 0.3) is 0 Å². The number of hydrogen-bond donors (Lipinski definition) is 3. The molecule has 140 valence electrons. The van der Waals surface area contributed by atoms with Gasteiger partial charge in [-0.15, -0.1) is 0 Å². The van der Waals surface area contributed by atoms with Crippen molar-refractivity contribution in [1.82, 2.24) is 20.9 Å². The van der Waals surface area contributed by atoms with Crippen LogP contribution in [0, 0.1) is 5.41 Å². The van der Waals surface area contributed by atoms with Crippen LogP contribution in [0.3, 0.4) is 0 Å². The Bertz CT molecular complexity index is 390. The molecule has 0 heterocycles. The molecule has 1 aliphatic rings. The van der Waals surface area contributed by atoms with E-state index in [0.29, 0.717) is 32.0 Å². The molecule has 24 heavy (non-hydrogen) atoms. The third-order valence-corrected chi connectivity index (χ3v) is 4.31. The second kappa shape index (κ2) is 10.5. The molecule has 0 aromatic heterocycles. The highest BCUT2D eigenvalue weighted by molar-refractivity contribution is 5.76. The minimum absolute atomic E-state index is 0.0521. The molecule has 6 nitrogen and oxygen atoms in total. The molecule has 0 spiro atoms. The molecular weight excluding hydrogens is 304 g/mol. The summed E-state index contributed by atoms with van der Waals surface area (Å²) in [6.07, 6.45) is 6.96. The first-order valence-corrected chi connectivity index (χ1v) is 9.24.